The summed E-state index contributed by atoms with van der Waals surface area (Å²) < 4.78 is 5.20. The Hall–Kier alpha value is -3.63. The topological polar surface area (TPSA) is 99.9 Å². The highest BCUT2D eigenvalue weighted by Crippen LogP contribution is 2.28. The van der Waals surface area contributed by atoms with Gasteiger partial charge in [-0.1, -0.05) is 23.7 Å². The molecular formula is C19H14ClN5O2. The lowest BCUT2D eigenvalue weighted by Crippen LogP contribution is -2.15. The van der Waals surface area contributed by atoms with Crippen LogP contribution in [0.2, 0.25) is 5.02 Å². The van der Waals surface area contributed by atoms with Gasteiger partial charge in [0.2, 0.25) is 0 Å². The Labute approximate surface area is 160 Å². The standard InChI is InChI=1S/C19H14ClN5O2/c1-27-17-7-6-13(20)8-15(17)25-19(26)16-10-23-18(11-22-16)24-14-5-3-2-4-12(14)9-21/h2-8,10-11H,1H3,(H,23,24)(H,25,26). The van der Waals surface area contributed by atoms with E-state index in [1.807, 2.05) is 0 Å². The van der Waals surface area contributed by atoms with Gasteiger partial charge in [-0.05, 0) is 30.3 Å². The van der Waals surface area contributed by atoms with Gasteiger partial charge in [-0.15, -0.1) is 0 Å². The van der Waals surface area contributed by atoms with E-state index >= 15 is 0 Å². The highest BCUT2D eigenvalue weighted by atomic mass is 35.5. The first-order valence-corrected chi connectivity index (χ1v) is 8.21. The van der Waals surface area contributed by atoms with E-state index in [1.54, 1.807) is 42.5 Å². The molecule has 134 valence electrons. The molecule has 7 nitrogen and oxygen atoms in total. The highest BCUT2D eigenvalue weighted by molar-refractivity contribution is 6.31. The number of aromatic nitrogens is 2. The Morgan fingerprint density at radius 3 is 2.67 bits per heavy atom. The molecule has 8 heteroatoms. The number of anilines is 3. The summed E-state index contributed by atoms with van der Waals surface area (Å²) in [5, 5.41) is 15.3. The van der Waals surface area contributed by atoms with Crippen LogP contribution in [0.1, 0.15) is 16.1 Å². The third-order valence-corrected chi connectivity index (χ3v) is 3.84. The summed E-state index contributed by atoms with van der Waals surface area (Å²) in [4.78, 5) is 20.7. The van der Waals surface area contributed by atoms with Crippen molar-refractivity contribution in [1.82, 2.24) is 9.97 Å². The molecule has 3 aromatic rings. The van der Waals surface area contributed by atoms with E-state index in [9.17, 15) is 4.79 Å². The third kappa shape index (κ3) is 4.32. The van der Waals surface area contributed by atoms with Crippen LogP contribution in [0, 0.1) is 11.3 Å². The fourth-order valence-electron chi connectivity index (χ4n) is 2.30. The van der Waals surface area contributed by atoms with Gasteiger partial charge >= 0.3 is 0 Å². The number of benzene rings is 2. The summed E-state index contributed by atoms with van der Waals surface area (Å²) in [6, 6.07) is 14.0. The van der Waals surface area contributed by atoms with Crippen molar-refractivity contribution in [3.8, 4) is 11.8 Å². The summed E-state index contributed by atoms with van der Waals surface area (Å²) in [5.41, 5.74) is 1.64. The maximum absolute atomic E-state index is 12.4. The third-order valence-electron chi connectivity index (χ3n) is 3.60. The zero-order valence-corrected chi connectivity index (χ0v) is 15.0. The van der Waals surface area contributed by atoms with Gasteiger partial charge in [-0.25, -0.2) is 9.97 Å². The van der Waals surface area contributed by atoms with E-state index in [0.29, 0.717) is 33.5 Å². The van der Waals surface area contributed by atoms with Crippen molar-refractivity contribution in [3.05, 3.63) is 71.1 Å². The Balaban J connectivity index is 1.75. The van der Waals surface area contributed by atoms with Crippen LogP contribution < -0.4 is 15.4 Å². The van der Waals surface area contributed by atoms with Crippen molar-refractivity contribution in [2.75, 3.05) is 17.7 Å². The van der Waals surface area contributed by atoms with Gasteiger partial charge in [0.15, 0.2) is 0 Å². The molecule has 0 bridgehead atoms. The molecule has 0 spiro atoms. The molecule has 0 radical (unpaired) electrons. The second-order valence-corrected chi connectivity index (χ2v) is 5.80. The molecular weight excluding hydrogens is 366 g/mol. The second-order valence-electron chi connectivity index (χ2n) is 5.37. The van der Waals surface area contributed by atoms with E-state index in [1.165, 1.54) is 19.5 Å². The Bertz CT molecular complexity index is 1020. The minimum Gasteiger partial charge on any atom is -0.495 e. The molecule has 27 heavy (non-hydrogen) atoms. The van der Waals surface area contributed by atoms with Crippen LogP contribution in [0.5, 0.6) is 5.75 Å². The smallest absolute Gasteiger partial charge is 0.275 e. The maximum Gasteiger partial charge on any atom is 0.275 e. The van der Waals surface area contributed by atoms with Gasteiger partial charge in [0.1, 0.15) is 23.3 Å². The summed E-state index contributed by atoms with van der Waals surface area (Å²) in [5.74, 6) is 0.439. The molecule has 0 aliphatic rings. The summed E-state index contributed by atoms with van der Waals surface area (Å²) >= 11 is 5.96. The lowest BCUT2D eigenvalue weighted by Gasteiger charge is -2.10. The lowest BCUT2D eigenvalue weighted by atomic mass is 10.2. The molecule has 0 saturated heterocycles. The van der Waals surface area contributed by atoms with Crippen molar-refractivity contribution < 1.29 is 9.53 Å². The van der Waals surface area contributed by atoms with Gasteiger partial charge in [0.05, 0.1) is 36.4 Å². The Morgan fingerprint density at radius 2 is 1.96 bits per heavy atom. The van der Waals surface area contributed by atoms with Crippen LogP contribution in [0.25, 0.3) is 0 Å². The predicted molar refractivity (Wildman–Crippen MR) is 102 cm³/mol. The van der Waals surface area contributed by atoms with Crippen molar-refractivity contribution in [1.29, 1.82) is 5.26 Å². The van der Waals surface area contributed by atoms with Crippen LogP contribution in [0.15, 0.2) is 54.9 Å². The number of amides is 1. The number of halogens is 1. The van der Waals surface area contributed by atoms with E-state index in [2.05, 4.69) is 26.7 Å². The first-order chi connectivity index (χ1) is 13.1. The van der Waals surface area contributed by atoms with Crippen LogP contribution in [0.4, 0.5) is 17.2 Å². The Morgan fingerprint density at radius 1 is 1.15 bits per heavy atom. The van der Waals surface area contributed by atoms with Crippen LogP contribution in [-0.4, -0.2) is 23.0 Å². The average Bonchev–Trinajstić information content (AvgIpc) is 2.69. The fraction of sp³-hybridized carbons (Fsp3) is 0.0526. The monoisotopic (exact) mass is 379 g/mol. The van der Waals surface area contributed by atoms with Crippen molar-refractivity contribution in [3.63, 3.8) is 0 Å². The number of rotatable bonds is 5. The Kier molecular flexibility index (Phi) is 5.50. The number of hydrogen-bond donors (Lipinski definition) is 2. The minimum absolute atomic E-state index is 0.121. The van der Waals surface area contributed by atoms with E-state index < -0.39 is 5.91 Å². The van der Waals surface area contributed by atoms with Crippen LogP contribution in [-0.2, 0) is 0 Å². The van der Waals surface area contributed by atoms with Crippen molar-refractivity contribution in [2.24, 2.45) is 0 Å². The van der Waals surface area contributed by atoms with Gasteiger partial charge in [-0.2, -0.15) is 5.26 Å². The molecule has 1 heterocycles. The molecule has 0 unspecified atom stereocenters. The molecule has 1 amide bonds. The number of hydrogen-bond acceptors (Lipinski definition) is 6. The second kappa shape index (κ2) is 8.17. The lowest BCUT2D eigenvalue weighted by molar-refractivity contribution is 0.102. The van der Waals surface area contributed by atoms with E-state index in [0.717, 1.165) is 0 Å². The zero-order valence-electron chi connectivity index (χ0n) is 14.2. The molecule has 0 saturated carbocycles. The largest absolute Gasteiger partial charge is 0.495 e. The fourth-order valence-corrected chi connectivity index (χ4v) is 2.47. The number of nitrogens with zero attached hydrogens (tertiary/aromatic N) is 3. The number of carbonyl (C=O) groups excluding carboxylic acids is 1. The molecule has 1 aromatic heterocycles. The number of carbonyl (C=O) groups is 1. The molecule has 0 atom stereocenters. The number of nitriles is 1. The van der Waals surface area contributed by atoms with Gasteiger partial charge in [0, 0.05) is 5.02 Å². The van der Waals surface area contributed by atoms with Gasteiger partial charge in [0.25, 0.3) is 5.91 Å². The molecule has 3 rings (SSSR count). The molecule has 0 aliphatic heterocycles. The maximum atomic E-state index is 12.4. The first-order valence-electron chi connectivity index (χ1n) is 7.84. The summed E-state index contributed by atoms with van der Waals surface area (Å²) in [6.45, 7) is 0. The SMILES string of the molecule is COc1ccc(Cl)cc1NC(=O)c1cnc(Nc2ccccc2C#N)cn1. The van der Waals surface area contributed by atoms with E-state index in [4.69, 9.17) is 21.6 Å². The van der Waals surface area contributed by atoms with Crippen molar-refractivity contribution in [2.45, 2.75) is 0 Å². The predicted octanol–water partition coefficient (Wildman–Crippen LogP) is 4.01. The molecule has 2 N–H and O–H groups in total. The summed E-state index contributed by atoms with van der Waals surface area (Å²) in [6.07, 6.45) is 2.75. The average molecular weight is 380 g/mol. The van der Waals surface area contributed by atoms with Gasteiger partial charge < -0.3 is 15.4 Å². The number of methoxy groups -OCH3 is 1. The summed E-state index contributed by atoms with van der Waals surface area (Å²) in [7, 11) is 1.50. The minimum atomic E-state index is -0.452. The number of ether oxygens (including phenoxy) is 1. The van der Waals surface area contributed by atoms with Crippen LogP contribution in [0.3, 0.4) is 0 Å². The highest BCUT2D eigenvalue weighted by Gasteiger charge is 2.12. The van der Waals surface area contributed by atoms with E-state index in [-0.39, 0.29) is 5.69 Å². The normalized spacial score (nSPS) is 9.96. The van der Waals surface area contributed by atoms with Gasteiger partial charge in [-0.3, -0.25) is 4.79 Å². The zero-order chi connectivity index (χ0) is 19.2. The first kappa shape index (κ1) is 18.2. The number of para-hydroxylation sites is 1. The van der Waals surface area contributed by atoms with Crippen LogP contribution >= 0.6 is 11.6 Å². The molecule has 2 aromatic carbocycles. The quantitative estimate of drug-likeness (QED) is 0.694. The van der Waals surface area contributed by atoms with Crippen molar-refractivity contribution >= 4 is 34.7 Å². The molecule has 0 fully saturated rings. The molecule has 0 aliphatic carbocycles. The number of nitrogens with one attached hydrogen (secondary N) is 2.